The van der Waals surface area contributed by atoms with Gasteiger partial charge in [0.25, 0.3) is 10.0 Å². The zero-order valence-corrected chi connectivity index (χ0v) is 14.5. The molecule has 122 valence electrons. The van der Waals surface area contributed by atoms with E-state index in [1.165, 1.54) is 24.3 Å². The first-order valence-corrected chi connectivity index (χ1v) is 8.69. The highest BCUT2D eigenvalue weighted by Crippen LogP contribution is 2.28. The molecule has 23 heavy (non-hydrogen) atoms. The molecule has 0 aromatic heterocycles. The van der Waals surface area contributed by atoms with Crippen molar-refractivity contribution in [3.63, 3.8) is 0 Å². The van der Waals surface area contributed by atoms with Crippen molar-refractivity contribution >= 4 is 37.6 Å². The van der Waals surface area contributed by atoms with Crippen LogP contribution >= 0.6 is 15.9 Å². The fourth-order valence-electron chi connectivity index (χ4n) is 1.88. The number of hydrogen-bond acceptors (Lipinski definition) is 4. The van der Waals surface area contributed by atoms with Crippen LogP contribution in [0.25, 0.3) is 0 Å². The summed E-state index contributed by atoms with van der Waals surface area (Å²) in [5.74, 6) is -1.57. The molecule has 0 radical (unpaired) electrons. The molecule has 0 saturated heterocycles. The minimum absolute atomic E-state index is 0.0498. The van der Waals surface area contributed by atoms with Crippen molar-refractivity contribution in [3.8, 4) is 0 Å². The molecule has 0 atom stereocenters. The van der Waals surface area contributed by atoms with Crippen molar-refractivity contribution in [2.45, 2.75) is 4.90 Å². The predicted octanol–water partition coefficient (Wildman–Crippen LogP) is 2.96. The predicted molar refractivity (Wildman–Crippen MR) is 87.1 cm³/mol. The van der Waals surface area contributed by atoms with E-state index in [-0.39, 0.29) is 10.6 Å². The van der Waals surface area contributed by atoms with Crippen LogP contribution in [0.4, 0.5) is 10.1 Å². The first kappa shape index (κ1) is 17.4. The van der Waals surface area contributed by atoms with Crippen molar-refractivity contribution in [3.05, 3.63) is 58.8 Å². The number of methoxy groups -OCH3 is 1. The molecule has 2 aromatic rings. The molecule has 0 saturated carbocycles. The normalized spacial score (nSPS) is 11.1. The Kier molecular flexibility index (Phi) is 5.38. The van der Waals surface area contributed by atoms with Crippen LogP contribution in [0, 0.1) is 5.82 Å². The van der Waals surface area contributed by atoms with Gasteiger partial charge in [0, 0.05) is 4.47 Å². The first-order valence-electron chi connectivity index (χ1n) is 6.46. The summed E-state index contributed by atoms with van der Waals surface area (Å²) in [6, 6.07) is 11.4. The Morgan fingerprint density at radius 2 is 1.87 bits per heavy atom. The van der Waals surface area contributed by atoms with Crippen LogP contribution in [0.1, 0.15) is 0 Å². The number of anilines is 1. The Hall–Kier alpha value is -1.93. The van der Waals surface area contributed by atoms with Crippen molar-refractivity contribution in [2.24, 2.45) is 0 Å². The molecule has 0 N–H and O–H groups in total. The SMILES string of the molecule is COC(=O)CN(c1ccc(Br)cc1F)S(=O)(=O)c1ccccc1. The minimum atomic E-state index is -4.12. The van der Waals surface area contributed by atoms with Crippen molar-refractivity contribution in [1.82, 2.24) is 0 Å². The van der Waals surface area contributed by atoms with Gasteiger partial charge in [-0.15, -0.1) is 0 Å². The number of hydrogen-bond donors (Lipinski definition) is 0. The average Bonchev–Trinajstić information content (AvgIpc) is 2.53. The number of nitrogens with zero attached hydrogens (tertiary/aromatic N) is 1. The Bertz CT molecular complexity index is 811. The van der Waals surface area contributed by atoms with Gasteiger partial charge in [-0.05, 0) is 30.3 Å². The van der Waals surface area contributed by atoms with Gasteiger partial charge in [0.1, 0.15) is 12.4 Å². The third kappa shape index (κ3) is 3.89. The molecule has 0 unspecified atom stereocenters. The zero-order valence-electron chi connectivity index (χ0n) is 12.1. The first-order chi connectivity index (χ1) is 10.9. The maximum Gasteiger partial charge on any atom is 0.326 e. The molecule has 8 heteroatoms. The van der Waals surface area contributed by atoms with Gasteiger partial charge in [0.05, 0.1) is 17.7 Å². The minimum Gasteiger partial charge on any atom is -0.468 e. The van der Waals surface area contributed by atoms with E-state index in [1.807, 2.05) is 0 Å². The Morgan fingerprint density at radius 3 is 2.43 bits per heavy atom. The van der Waals surface area contributed by atoms with E-state index >= 15 is 0 Å². The second-order valence-corrected chi connectivity index (χ2v) is 7.27. The third-order valence-electron chi connectivity index (χ3n) is 3.01. The largest absolute Gasteiger partial charge is 0.468 e. The average molecular weight is 402 g/mol. The lowest BCUT2D eigenvalue weighted by molar-refractivity contribution is -0.138. The maximum atomic E-state index is 14.2. The Labute approximate surface area is 141 Å². The summed E-state index contributed by atoms with van der Waals surface area (Å²) < 4.78 is 45.4. The fraction of sp³-hybridized carbons (Fsp3) is 0.133. The summed E-state index contributed by atoms with van der Waals surface area (Å²) in [5.41, 5.74) is -0.234. The van der Waals surface area contributed by atoms with E-state index in [2.05, 4.69) is 20.7 Å². The van der Waals surface area contributed by atoms with Crippen molar-refractivity contribution in [1.29, 1.82) is 0 Å². The third-order valence-corrected chi connectivity index (χ3v) is 5.28. The van der Waals surface area contributed by atoms with Gasteiger partial charge in [0.15, 0.2) is 0 Å². The molecule has 0 fully saturated rings. The monoisotopic (exact) mass is 401 g/mol. The highest BCUT2D eigenvalue weighted by molar-refractivity contribution is 9.10. The van der Waals surface area contributed by atoms with Crippen LogP contribution in [0.3, 0.4) is 0 Å². The number of ether oxygens (including phenoxy) is 1. The highest BCUT2D eigenvalue weighted by atomic mass is 79.9. The van der Waals surface area contributed by atoms with Gasteiger partial charge in [-0.25, -0.2) is 12.8 Å². The molecular formula is C15H13BrFNO4S. The standard InChI is InChI=1S/C15H13BrFNO4S/c1-22-15(19)10-18(14-8-7-11(16)9-13(14)17)23(20,21)12-5-3-2-4-6-12/h2-9H,10H2,1H3. The highest BCUT2D eigenvalue weighted by Gasteiger charge is 2.29. The van der Waals surface area contributed by atoms with Crippen LogP contribution in [-0.4, -0.2) is 28.0 Å². The summed E-state index contributed by atoms with van der Waals surface area (Å²) in [5, 5.41) is 0. The van der Waals surface area contributed by atoms with Crippen LogP contribution in [0.2, 0.25) is 0 Å². The second-order valence-electron chi connectivity index (χ2n) is 4.50. The Balaban J connectivity index is 2.56. The number of benzene rings is 2. The molecule has 0 heterocycles. The molecule has 2 aromatic carbocycles. The van der Waals surface area contributed by atoms with Gasteiger partial charge in [-0.2, -0.15) is 0 Å². The van der Waals surface area contributed by atoms with Crippen molar-refractivity contribution in [2.75, 3.05) is 18.0 Å². The van der Waals surface area contributed by atoms with Crippen molar-refractivity contribution < 1.29 is 22.3 Å². The van der Waals surface area contributed by atoms with Gasteiger partial charge in [-0.3, -0.25) is 9.10 Å². The Morgan fingerprint density at radius 1 is 1.22 bits per heavy atom. The number of carbonyl (C=O) groups excluding carboxylic acids is 1. The maximum absolute atomic E-state index is 14.2. The number of sulfonamides is 1. The lowest BCUT2D eigenvalue weighted by atomic mass is 10.3. The molecule has 5 nitrogen and oxygen atoms in total. The molecule has 0 aliphatic rings. The molecule has 0 aliphatic carbocycles. The summed E-state index contributed by atoms with van der Waals surface area (Å²) in [6.07, 6.45) is 0. The van der Waals surface area contributed by atoms with Gasteiger partial charge in [0.2, 0.25) is 0 Å². The van der Waals surface area contributed by atoms with E-state index < -0.39 is 28.4 Å². The second kappa shape index (κ2) is 7.10. The van der Waals surface area contributed by atoms with E-state index in [1.54, 1.807) is 18.2 Å². The smallest absolute Gasteiger partial charge is 0.326 e. The molecule has 0 bridgehead atoms. The van der Waals surface area contributed by atoms with Crippen LogP contribution in [-0.2, 0) is 19.6 Å². The molecule has 2 rings (SSSR count). The quantitative estimate of drug-likeness (QED) is 0.722. The summed E-state index contributed by atoms with van der Waals surface area (Å²) in [4.78, 5) is 11.5. The van der Waals surface area contributed by atoms with E-state index in [0.717, 1.165) is 13.2 Å². The van der Waals surface area contributed by atoms with Gasteiger partial charge >= 0.3 is 5.97 Å². The summed E-state index contributed by atoms with van der Waals surface area (Å²) in [7, 11) is -2.98. The molecule has 0 aliphatic heterocycles. The molecule has 0 spiro atoms. The number of esters is 1. The lowest BCUT2D eigenvalue weighted by Gasteiger charge is -2.23. The van der Waals surface area contributed by atoms with E-state index in [0.29, 0.717) is 8.78 Å². The summed E-state index contributed by atoms with van der Waals surface area (Å²) >= 11 is 3.11. The molecular weight excluding hydrogens is 389 g/mol. The number of carbonyl (C=O) groups is 1. The lowest BCUT2D eigenvalue weighted by Crippen LogP contribution is -2.36. The molecule has 0 amide bonds. The topological polar surface area (TPSA) is 63.7 Å². The van der Waals surface area contributed by atoms with Crippen LogP contribution < -0.4 is 4.31 Å². The van der Waals surface area contributed by atoms with E-state index in [9.17, 15) is 17.6 Å². The van der Waals surface area contributed by atoms with Crippen LogP contribution in [0.15, 0.2) is 57.9 Å². The van der Waals surface area contributed by atoms with E-state index in [4.69, 9.17) is 0 Å². The van der Waals surface area contributed by atoms with Gasteiger partial charge < -0.3 is 4.74 Å². The van der Waals surface area contributed by atoms with Crippen LogP contribution in [0.5, 0.6) is 0 Å². The number of halogens is 2. The number of rotatable bonds is 5. The zero-order chi connectivity index (χ0) is 17.0. The van der Waals surface area contributed by atoms with Gasteiger partial charge in [-0.1, -0.05) is 34.1 Å². The summed E-state index contributed by atoms with van der Waals surface area (Å²) in [6.45, 7) is -0.633. The fourth-order valence-corrected chi connectivity index (χ4v) is 3.66.